The summed E-state index contributed by atoms with van der Waals surface area (Å²) in [5.74, 6) is 0.664. The first-order chi connectivity index (χ1) is 9.20. The minimum absolute atomic E-state index is 0.625. The molecule has 4 heteroatoms. The van der Waals surface area contributed by atoms with Gasteiger partial charge < -0.3 is 14.6 Å². The molecule has 0 saturated heterocycles. The molecule has 0 atom stereocenters. The summed E-state index contributed by atoms with van der Waals surface area (Å²) in [5, 5.41) is 3.40. The maximum atomic E-state index is 5.66. The van der Waals surface area contributed by atoms with Gasteiger partial charge in [0.25, 0.3) is 6.01 Å². The average Bonchev–Trinajstić information content (AvgIpc) is 3.02. The monoisotopic (exact) mass is 265 g/mol. The SMILES string of the molecule is CCN(c1nc(CNCC(C)C)co1)C1CCCC1. The van der Waals surface area contributed by atoms with E-state index in [0.29, 0.717) is 12.0 Å². The van der Waals surface area contributed by atoms with E-state index in [4.69, 9.17) is 4.42 Å². The second-order valence-electron chi connectivity index (χ2n) is 5.87. The summed E-state index contributed by atoms with van der Waals surface area (Å²) in [6.07, 6.45) is 7.02. The Morgan fingerprint density at radius 1 is 1.42 bits per heavy atom. The third-order valence-electron chi connectivity index (χ3n) is 3.75. The van der Waals surface area contributed by atoms with Gasteiger partial charge >= 0.3 is 0 Å². The van der Waals surface area contributed by atoms with Gasteiger partial charge in [-0.2, -0.15) is 4.98 Å². The molecule has 0 aliphatic heterocycles. The lowest BCUT2D eigenvalue weighted by Gasteiger charge is -2.25. The number of hydrogen-bond acceptors (Lipinski definition) is 4. The molecule has 108 valence electrons. The number of rotatable bonds is 7. The van der Waals surface area contributed by atoms with Crippen LogP contribution in [0, 0.1) is 5.92 Å². The first-order valence-corrected chi connectivity index (χ1v) is 7.62. The first kappa shape index (κ1) is 14.4. The van der Waals surface area contributed by atoms with Crippen molar-refractivity contribution in [3.8, 4) is 0 Å². The van der Waals surface area contributed by atoms with Crippen molar-refractivity contribution >= 4 is 6.01 Å². The fourth-order valence-corrected chi connectivity index (χ4v) is 2.76. The zero-order valence-corrected chi connectivity index (χ0v) is 12.5. The number of oxazole rings is 1. The van der Waals surface area contributed by atoms with E-state index in [1.807, 2.05) is 0 Å². The largest absolute Gasteiger partial charge is 0.432 e. The van der Waals surface area contributed by atoms with Crippen LogP contribution in [-0.4, -0.2) is 24.1 Å². The van der Waals surface area contributed by atoms with Crippen molar-refractivity contribution in [3.63, 3.8) is 0 Å². The Morgan fingerprint density at radius 2 is 2.16 bits per heavy atom. The fraction of sp³-hybridized carbons (Fsp3) is 0.800. The third-order valence-corrected chi connectivity index (χ3v) is 3.75. The molecule has 1 N–H and O–H groups in total. The molecule has 0 radical (unpaired) electrons. The van der Waals surface area contributed by atoms with Crippen molar-refractivity contribution in [1.29, 1.82) is 0 Å². The van der Waals surface area contributed by atoms with Gasteiger partial charge in [0, 0.05) is 19.1 Å². The maximum absolute atomic E-state index is 5.66. The van der Waals surface area contributed by atoms with E-state index < -0.39 is 0 Å². The van der Waals surface area contributed by atoms with Crippen LogP contribution in [0.2, 0.25) is 0 Å². The summed E-state index contributed by atoms with van der Waals surface area (Å²) in [7, 11) is 0. The van der Waals surface area contributed by atoms with Crippen molar-refractivity contribution in [2.45, 2.75) is 59.0 Å². The molecule has 0 spiro atoms. The summed E-state index contributed by atoms with van der Waals surface area (Å²) >= 11 is 0. The van der Waals surface area contributed by atoms with Crippen LogP contribution in [0.15, 0.2) is 10.7 Å². The molecule has 1 aromatic heterocycles. The number of hydrogen-bond donors (Lipinski definition) is 1. The highest BCUT2D eigenvalue weighted by Crippen LogP contribution is 2.27. The summed E-state index contributed by atoms with van der Waals surface area (Å²) in [4.78, 5) is 6.94. The zero-order chi connectivity index (χ0) is 13.7. The van der Waals surface area contributed by atoms with Crippen LogP contribution in [-0.2, 0) is 6.54 Å². The predicted molar refractivity (Wildman–Crippen MR) is 78.3 cm³/mol. The van der Waals surface area contributed by atoms with E-state index in [9.17, 15) is 0 Å². The summed E-state index contributed by atoms with van der Waals surface area (Å²) < 4.78 is 5.66. The minimum Gasteiger partial charge on any atom is -0.432 e. The Labute approximate surface area is 116 Å². The molecule has 1 aromatic rings. The lowest BCUT2D eigenvalue weighted by atomic mass is 10.2. The topological polar surface area (TPSA) is 41.3 Å². The van der Waals surface area contributed by atoms with Gasteiger partial charge in [-0.3, -0.25) is 0 Å². The van der Waals surface area contributed by atoms with Crippen LogP contribution in [0.4, 0.5) is 6.01 Å². The molecule has 0 amide bonds. The van der Waals surface area contributed by atoms with Crippen LogP contribution in [0.3, 0.4) is 0 Å². The van der Waals surface area contributed by atoms with Gasteiger partial charge in [0.15, 0.2) is 0 Å². The summed E-state index contributed by atoms with van der Waals surface area (Å²) in [5.41, 5.74) is 1.01. The molecular weight excluding hydrogens is 238 g/mol. The highest BCUT2D eigenvalue weighted by atomic mass is 16.4. The predicted octanol–water partition coefficient (Wildman–Crippen LogP) is 3.19. The smallest absolute Gasteiger partial charge is 0.297 e. The normalized spacial score (nSPS) is 16.4. The molecule has 1 aliphatic rings. The quantitative estimate of drug-likeness (QED) is 0.822. The van der Waals surface area contributed by atoms with Crippen molar-refractivity contribution in [1.82, 2.24) is 10.3 Å². The Morgan fingerprint density at radius 3 is 2.79 bits per heavy atom. The van der Waals surface area contributed by atoms with Crippen LogP contribution in [0.1, 0.15) is 52.1 Å². The number of nitrogens with one attached hydrogen (secondary N) is 1. The Balaban J connectivity index is 1.90. The third kappa shape index (κ3) is 3.96. The molecule has 0 bridgehead atoms. The van der Waals surface area contributed by atoms with Crippen LogP contribution < -0.4 is 10.2 Å². The Hall–Kier alpha value is -1.03. The molecular formula is C15H27N3O. The highest BCUT2D eigenvalue weighted by molar-refractivity contribution is 5.29. The summed E-state index contributed by atoms with van der Waals surface area (Å²) in [6, 6.07) is 1.43. The molecule has 2 rings (SSSR count). The molecule has 1 aliphatic carbocycles. The molecule has 1 fully saturated rings. The molecule has 1 saturated carbocycles. The van der Waals surface area contributed by atoms with E-state index in [-0.39, 0.29) is 0 Å². The maximum Gasteiger partial charge on any atom is 0.297 e. The second-order valence-corrected chi connectivity index (χ2v) is 5.87. The molecule has 4 nitrogen and oxygen atoms in total. The van der Waals surface area contributed by atoms with E-state index in [0.717, 1.165) is 31.3 Å². The highest BCUT2D eigenvalue weighted by Gasteiger charge is 2.24. The number of nitrogens with zero attached hydrogens (tertiary/aromatic N) is 2. The lowest BCUT2D eigenvalue weighted by molar-refractivity contribution is 0.496. The van der Waals surface area contributed by atoms with E-state index in [2.05, 4.69) is 36.0 Å². The zero-order valence-electron chi connectivity index (χ0n) is 12.5. The van der Waals surface area contributed by atoms with E-state index in [1.165, 1.54) is 25.7 Å². The van der Waals surface area contributed by atoms with Gasteiger partial charge in [0.2, 0.25) is 0 Å². The van der Waals surface area contributed by atoms with Gasteiger partial charge in [-0.25, -0.2) is 0 Å². The molecule has 1 heterocycles. The van der Waals surface area contributed by atoms with Crippen molar-refractivity contribution in [2.24, 2.45) is 5.92 Å². The van der Waals surface area contributed by atoms with Gasteiger partial charge in [-0.05, 0) is 32.2 Å². The van der Waals surface area contributed by atoms with Crippen molar-refractivity contribution in [2.75, 3.05) is 18.0 Å². The standard InChI is InChI=1S/C15H27N3O/c1-4-18(14-7-5-6-8-14)15-17-13(11-19-15)10-16-9-12(2)3/h11-12,14,16H,4-10H2,1-3H3. The van der Waals surface area contributed by atoms with Gasteiger partial charge in [0.05, 0.1) is 5.69 Å². The van der Waals surface area contributed by atoms with Gasteiger partial charge in [0.1, 0.15) is 6.26 Å². The minimum atomic E-state index is 0.625. The Bertz CT molecular complexity index is 369. The van der Waals surface area contributed by atoms with Crippen LogP contribution >= 0.6 is 0 Å². The van der Waals surface area contributed by atoms with Crippen molar-refractivity contribution in [3.05, 3.63) is 12.0 Å². The van der Waals surface area contributed by atoms with Gasteiger partial charge in [-0.1, -0.05) is 26.7 Å². The molecule has 19 heavy (non-hydrogen) atoms. The van der Waals surface area contributed by atoms with E-state index in [1.54, 1.807) is 6.26 Å². The van der Waals surface area contributed by atoms with Crippen LogP contribution in [0.25, 0.3) is 0 Å². The van der Waals surface area contributed by atoms with E-state index >= 15 is 0 Å². The first-order valence-electron chi connectivity index (χ1n) is 7.62. The lowest BCUT2D eigenvalue weighted by Crippen LogP contribution is -2.33. The number of anilines is 1. The molecule has 0 aromatic carbocycles. The fourth-order valence-electron chi connectivity index (χ4n) is 2.76. The van der Waals surface area contributed by atoms with Gasteiger partial charge in [-0.15, -0.1) is 0 Å². The molecule has 0 unspecified atom stereocenters. The average molecular weight is 265 g/mol. The Kier molecular flexibility index (Phi) is 5.25. The van der Waals surface area contributed by atoms with Crippen molar-refractivity contribution < 1.29 is 4.42 Å². The second kappa shape index (κ2) is 6.94. The van der Waals surface area contributed by atoms with Crippen LogP contribution in [0.5, 0.6) is 0 Å². The number of aromatic nitrogens is 1. The summed E-state index contributed by atoms with van der Waals surface area (Å²) in [6.45, 7) is 9.38.